The van der Waals surface area contributed by atoms with Gasteiger partial charge in [0.15, 0.2) is 0 Å². The molecule has 2 aromatic rings. The van der Waals surface area contributed by atoms with Crippen LogP contribution in [0, 0.1) is 5.92 Å². The Balaban J connectivity index is 1.66. The van der Waals surface area contributed by atoms with Gasteiger partial charge >= 0.3 is 0 Å². The molecule has 2 aromatic carbocycles. The van der Waals surface area contributed by atoms with Crippen LogP contribution in [0.4, 0.5) is 5.69 Å². The lowest BCUT2D eigenvalue weighted by Gasteiger charge is -2.22. The van der Waals surface area contributed by atoms with E-state index >= 15 is 0 Å². The highest BCUT2D eigenvalue weighted by molar-refractivity contribution is 9.10. The van der Waals surface area contributed by atoms with Crippen LogP contribution >= 0.6 is 15.9 Å². The molecule has 1 unspecified atom stereocenters. The maximum atomic E-state index is 12.8. The largest absolute Gasteiger partial charge is 0.497 e. The van der Waals surface area contributed by atoms with Gasteiger partial charge in [-0.2, -0.15) is 0 Å². The first-order chi connectivity index (χ1) is 12.5. The summed E-state index contributed by atoms with van der Waals surface area (Å²) in [5.41, 5.74) is 1.83. The molecule has 0 aliphatic carbocycles. The van der Waals surface area contributed by atoms with Crippen molar-refractivity contribution in [2.75, 3.05) is 25.6 Å². The molecule has 1 heterocycles. The number of carbonyl (C=O) groups is 2. The number of hydrogen-bond donors (Lipinski definition) is 0. The van der Waals surface area contributed by atoms with Gasteiger partial charge in [0.2, 0.25) is 11.8 Å². The van der Waals surface area contributed by atoms with Crippen LogP contribution in [0.1, 0.15) is 12.0 Å². The monoisotopic (exact) mass is 416 g/mol. The molecule has 0 saturated carbocycles. The normalized spacial score (nSPS) is 16.7. The summed E-state index contributed by atoms with van der Waals surface area (Å²) in [6, 6.07) is 15.2. The Morgan fingerprint density at radius 1 is 1.23 bits per heavy atom. The van der Waals surface area contributed by atoms with Gasteiger partial charge in [0.25, 0.3) is 0 Å². The Labute approximate surface area is 161 Å². The minimum absolute atomic E-state index is 0.0104. The molecule has 5 nitrogen and oxygen atoms in total. The first kappa shape index (κ1) is 18.5. The van der Waals surface area contributed by atoms with Gasteiger partial charge in [0, 0.05) is 31.0 Å². The second-order valence-electron chi connectivity index (χ2n) is 6.40. The van der Waals surface area contributed by atoms with E-state index in [0.29, 0.717) is 13.1 Å². The lowest BCUT2D eigenvalue weighted by atomic mass is 10.1. The first-order valence-corrected chi connectivity index (χ1v) is 9.21. The molecule has 0 spiro atoms. The molecule has 6 heteroatoms. The van der Waals surface area contributed by atoms with Crippen LogP contribution in [0.3, 0.4) is 0 Å². The van der Waals surface area contributed by atoms with Crippen molar-refractivity contribution < 1.29 is 14.3 Å². The summed E-state index contributed by atoms with van der Waals surface area (Å²) in [5.74, 6) is 0.433. The Hall–Kier alpha value is -2.34. The molecule has 1 fully saturated rings. The quantitative estimate of drug-likeness (QED) is 0.749. The Morgan fingerprint density at radius 2 is 1.92 bits per heavy atom. The molecular weight excluding hydrogens is 396 g/mol. The van der Waals surface area contributed by atoms with Crippen molar-refractivity contribution in [3.05, 3.63) is 58.6 Å². The molecule has 1 saturated heterocycles. The summed E-state index contributed by atoms with van der Waals surface area (Å²) >= 11 is 3.48. The highest BCUT2D eigenvalue weighted by atomic mass is 79.9. The number of nitrogens with zero attached hydrogens (tertiary/aromatic N) is 2. The van der Waals surface area contributed by atoms with E-state index in [1.165, 1.54) is 0 Å². The third-order valence-corrected chi connectivity index (χ3v) is 5.24. The fraction of sp³-hybridized carbons (Fsp3) is 0.300. The van der Waals surface area contributed by atoms with E-state index in [0.717, 1.165) is 21.5 Å². The van der Waals surface area contributed by atoms with Crippen molar-refractivity contribution >= 4 is 33.4 Å². The van der Waals surface area contributed by atoms with Crippen LogP contribution in [0.25, 0.3) is 0 Å². The van der Waals surface area contributed by atoms with Crippen LogP contribution in [0.2, 0.25) is 0 Å². The van der Waals surface area contributed by atoms with Gasteiger partial charge in [-0.25, -0.2) is 0 Å². The molecule has 1 aliphatic heterocycles. The highest BCUT2D eigenvalue weighted by Crippen LogP contribution is 2.32. The number of ether oxygens (including phenoxy) is 1. The van der Waals surface area contributed by atoms with E-state index in [4.69, 9.17) is 4.74 Å². The molecule has 3 rings (SSSR count). The lowest BCUT2D eigenvalue weighted by Crippen LogP contribution is -2.34. The van der Waals surface area contributed by atoms with E-state index in [9.17, 15) is 9.59 Å². The molecule has 26 heavy (non-hydrogen) atoms. The summed E-state index contributed by atoms with van der Waals surface area (Å²) < 4.78 is 6.01. The fourth-order valence-corrected chi connectivity index (χ4v) is 3.67. The van der Waals surface area contributed by atoms with Gasteiger partial charge in [-0.1, -0.05) is 24.3 Å². The Bertz CT molecular complexity index is 807. The number of rotatable bonds is 5. The minimum atomic E-state index is -0.321. The number of anilines is 1. The van der Waals surface area contributed by atoms with Crippen LogP contribution < -0.4 is 9.64 Å². The minimum Gasteiger partial charge on any atom is -0.497 e. The summed E-state index contributed by atoms with van der Waals surface area (Å²) in [4.78, 5) is 28.6. The first-order valence-electron chi connectivity index (χ1n) is 8.42. The van der Waals surface area contributed by atoms with Gasteiger partial charge < -0.3 is 14.5 Å². The molecule has 2 amide bonds. The van der Waals surface area contributed by atoms with Crippen molar-refractivity contribution in [1.29, 1.82) is 0 Å². The zero-order valence-corrected chi connectivity index (χ0v) is 16.4. The van der Waals surface area contributed by atoms with Gasteiger partial charge in [-0.3, -0.25) is 9.59 Å². The topological polar surface area (TPSA) is 49.9 Å². The van der Waals surface area contributed by atoms with Gasteiger partial charge in [-0.15, -0.1) is 0 Å². The van der Waals surface area contributed by atoms with Crippen molar-refractivity contribution in [1.82, 2.24) is 4.90 Å². The Kier molecular flexibility index (Phi) is 5.61. The predicted molar refractivity (Wildman–Crippen MR) is 104 cm³/mol. The van der Waals surface area contributed by atoms with Crippen molar-refractivity contribution in [3.8, 4) is 5.75 Å². The van der Waals surface area contributed by atoms with Crippen molar-refractivity contribution in [3.63, 3.8) is 0 Å². The van der Waals surface area contributed by atoms with Crippen molar-refractivity contribution in [2.45, 2.75) is 13.0 Å². The number of methoxy groups -OCH3 is 1. The Morgan fingerprint density at radius 3 is 2.58 bits per heavy atom. The highest BCUT2D eigenvalue weighted by Gasteiger charge is 2.37. The molecule has 1 aliphatic rings. The fourth-order valence-electron chi connectivity index (χ4n) is 3.17. The van der Waals surface area contributed by atoms with Crippen LogP contribution in [-0.4, -0.2) is 37.4 Å². The number of benzene rings is 2. The van der Waals surface area contributed by atoms with E-state index in [1.807, 2.05) is 48.5 Å². The summed E-state index contributed by atoms with van der Waals surface area (Å²) in [7, 11) is 3.40. The number of halogens is 1. The summed E-state index contributed by atoms with van der Waals surface area (Å²) in [6.45, 7) is 0.912. The molecule has 0 N–H and O–H groups in total. The van der Waals surface area contributed by atoms with Gasteiger partial charge in [0.05, 0.1) is 18.7 Å². The van der Waals surface area contributed by atoms with Crippen molar-refractivity contribution in [2.24, 2.45) is 5.92 Å². The zero-order chi connectivity index (χ0) is 18.7. The molecule has 136 valence electrons. The van der Waals surface area contributed by atoms with Gasteiger partial charge in [0.1, 0.15) is 5.75 Å². The van der Waals surface area contributed by atoms with Crippen LogP contribution in [-0.2, 0) is 16.1 Å². The molecule has 1 atom stereocenters. The average Bonchev–Trinajstić information content (AvgIpc) is 3.03. The van der Waals surface area contributed by atoms with Crippen LogP contribution in [0.5, 0.6) is 5.75 Å². The second kappa shape index (κ2) is 7.91. The van der Waals surface area contributed by atoms with E-state index in [-0.39, 0.29) is 24.2 Å². The average molecular weight is 417 g/mol. The number of para-hydroxylation sites is 1. The zero-order valence-electron chi connectivity index (χ0n) is 14.8. The third kappa shape index (κ3) is 3.90. The standard InChI is InChI=1S/C20H21BrN2O3/c1-22(12-14-7-9-16(26-2)10-8-14)20(25)15-11-19(24)23(13-15)18-6-4-3-5-17(18)21/h3-10,15H,11-13H2,1-2H3. The molecule has 0 bridgehead atoms. The lowest BCUT2D eigenvalue weighted by molar-refractivity contribution is -0.135. The maximum Gasteiger partial charge on any atom is 0.228 e. The maximum absolute atomic E-state index is 12.8. The summed E-state index contributed by atoms with van der Waals surface area (Å²) in [6.07, 6.45) is 0.243. The third-order valence-electron chi connectivity index (χ3n) is 4.57. The smallest absolute Gasteiger partial charge is 0.228 e. The SMILES string of the molecule is COc1ccc(CN(C)C(=O)C2CC(=O)N(c3ccccc3Br)C2)cc1. The van der Waals surface area contributed by atoms with E-state index in [1.54, 1.807) is 24.0 Å². The van der Waals surface area contributed by atoms with Gasteiger partial charge in [-0.05, 0) is 45.8 Å². The van der Waals surface area contributed by atoms with E-state index < -0.39 is 0 Å². The van der Waals surface area contributed by atoms with E-state index in [2.05, 4.69) is 15.9 Å². The number of hydrogen-bond acceptors (Lipinski definition) is 3. The summed E-state index contributed by atoms with van der Waals surface area (Å²) in [5, 5.41) is 0. The second-order valence-corrected chi connectivity index (χ2v) is 7.25. The van der Waals surface area contributed by atoms with Crippen LogP contribution in [0.15, 0.2) is 53.0 Å². The molecular formula is C20H21BrN2O3. The number of carbonyl (C=O) groups excluding carboxylic acids is 2. The molecule has 0 aromatic heterocycles. The molecule has 0 radical (unpaired) electrons. The number of amides is 2. The predicted octanol–water partition coefficient (Wildman–Crippen LogP) is 3.47.